The van der Waals surface area contributed by atoms with E-state index in [4.69, 9.17) is 15.6 Å². The van der Waals surface area contributed by atoms with E-state index >= 15 is 0 Å². The topological polar surface area (TPSA) is 55.5 Å². The van der Waals surface area contributed by atoms with Gasteiger partial charge in [-0.25, -0.2) is 4.39 Å². The number of nitrogens with two attached hydrogens (primary N) is 1. The molecular formula is C17H18FNO2. The van der Waals surface area contributed by atoms with Gasteiger partial charge in [0.15, 0.2) is 0 Å². The van der Waals surface area contributed by atoms with Crippen molar-refractivity contribution in [3.8, 4) is 5.75 Å². The van der Waals surface area contributed by atoms with Gasteiger partial charge >= 0.3 is 0 Å². The largest absolute Gasteiger partial charge is 0.485 e. The number of ether oxygens (including phenoxy) is 1. The summed E-state index contributed by atoms with van der Waals surface area (Å²) in [4.78, 5) is 0. The van der Waals surface area contributed by atoms with Crippen molar-refractivity contribution in [1.29, 1.82) is 0 Å². The lowest BCUT2D eigenvalue weighted by molar-refractivity contribution is 0.0931. The van der Waals surface area contributed by atoms with Gasteiger partial charge in [-0.3, -0.25) is 0 Å². The number of benzene rings is 2. The zero-order valence-corrected chi connectivity index (χ0v) is 11.6. The minimum atomic E-state index is -0.804. The quantitative estimate of drug-likeness (QED) is 0.634. The highest BCUT2D eigenvalue weighted by molar-refractivity contribution is 5.70. The number of hydrogen-bond acceptors (Lipinski definition) is 3. The third kappa shape index (κ3) is 4.61. The Morgan fingerprint density at radius 1 is 1.00 bits per heavy atom. The summed E-state index contributed by atoms with van der Waals surface area (Å²) < 4.78 is 17.7. The molecule has 0 amide bonds. The van der Waals surface area contributed by atoms with E-state index in [1.54, 1.807) is 12.1 Å². The first-order valence-corrected chi connectivity index (χ1v) is 6.68. The first-order chi connectivity index (χ1) is 10.2. The van der Waals surface area contributed by atoms with Gasteiger partial charge in [0, 0.05) is 5.69 Å². The van der Waals surface area contributed by atoms with E-state index in [1.807, 2.05) is 48.6 Å². The predicted octanol–water partition coefficient (Wildman–Crippen LogP) is 3.15. The molecule has 0 saturated carbocycles. The minimum absolute atomic E-state index is 0.338. The predicted molar refractivity (Wildman–Crippen MR) is 83.7 cm³/mol. The highest BCUT2D eigenvalue weighted by Gasteiger charge is 2.07. The molecule has 0 bridgehead atoms. The van der Waals surface area contributed by atoms with Crippen molar-refractivity contribution in [2.75, 3.05) is 19.0 Å². The summed E-state index contributed by atoms with van der Waals surface area (Å²) in [5, 5.41) is 8.89. The number of alkyl halides is 1. The average Bonchev–Trinajstić information content (AvgIpc) is 2.53. The lowest BCUT2D eigenvalue weighted by atomic mass is 10.1. The van der Waals surface area contributed by atoms with E-state index < -0.39 is 12.8 Å². The van der Waals surface area contributed by atoms with Crippen LogP contribution in [0.1, 0.15) is 11.1 Å². The molecule has 1 atom stereocenters. The lowest BCUT2D eigenvalue weighted by Crippen LogP contribution is -2.23. The second-order valence-corrected chi connectivity index (χ2v) is 4.65. The number of nitrogen functional groups attached to an aromatic ring is 1. The maximum atomic E-state index is 12.5. The third-order valence-corrected chi connectivity index (χ3v) is 2.96. The summed E-state index contributed by atoms with van der Waals surface area (Å²) in [5.41, 5.74) is 8.42. The van der Waals surface area contributed by atoms with Crippen molar-refractivity contribution in [2.24, 2.45) is 0 Å². The van der Waals surface area contributed by atoms with Gasteiger partial charge in [0.1, 0.15) is 18.5 Å². The van der Waals surface area contributed by atoms with Gasteiger partial charge in [0.05, 0.1) is 6.61 Å². The van der Waals surface area contributed by atoms with E-state index in [1.165, 1.54) is 0 Å². The standard InChI is InChI=1S/C17H18FNO2/c18-11-17(12-20)21-16-9-5-14(6-10-16)2-1-13-3-7-15(19)8-4-13/h1-10,17,20H,11-12,19H2/b2-1+. The highest BCUT2D eigenvalue weighted by Crippen LogP contribution is 2.16. The highest BCUT2D eigenvalue weighted by atomic mass is 19.1. The molecule has 2 aromatic carbocycles. The monoisotopic (exact) mass is 287 g/mol. The normalized spacial score (nSPS) is 12.5. The van der Waals surface area contributed by atoms with Crippen LogP contribution < -0.4 is 10.5 Å². The molecule has 4 heteroatoms. The second-order valence-electron chi connectivity index (χ2n) is 4.65. The maximum absolute atomic E-state index is 12.5. The Bertz CT molecular complexity index is 575. The molecule has 21 heavy (non-hydrogen) atoms. The summed E-state index contributed by atoms with van der Waals surface area (Å²) in [6, 6.07) is 14.8. The van der Waals surface area contributed by atoms with Crippen molar-refractivity contribution < 1.29 is 14.2 Å². The number of aliphatic hydroxyl groups is 1. The van der Waals surface area contributed by atoms with Crippen LogP contribution in [0.2, 0.25) is 0 Å². The van der Waals surface area contributed by atoms with E-state index in [9.17, 15) is 4.39 Å². The van der Waals surface area contributed by atoms with Crippen molar-refractivity contribution in [2.45, 2.75) is 6.10 Å². The van der Waals surface area contributed by atoms with E-state index in [2.05, 4.69) is 0 Å². The summed E-state index contributed by atoms with van der Waals surface area (Å²) in [6.07, 6.45) is 3.14. The Hall–Kier alpha value is -2.33. The fraction of sp³-hybridized carbons (Fsp3) is 0.176. The number of rotatable bonds is 6. The lowest BCUT2D eigenvalue weighted by Gasteiger charge is -2.13. The number of halogens is 1. The Morgan fingerprint density at radius 2 is 1.52 bits per heavy atom. The molecule has 0 saturated heterocycles. The molecule has 0 spiro atoms. The third-order valence-electron chi connectivity index (χ3n) is 2.96. The van der Waals surface area contributed by atoms with Crippen LogP contribution in [0.3, 0.4) is 0 Å². The number of hydrogen-bond donors (Lipinski definition) is 2. The molecule has 0 fully saturated rings. The van der Waals surface area contributed by atoms with Gasteiger partial charge in [0.2, 0.25) is 0 Å². The van der Waals surface area contributed by atoms with Crippen LogP contribution >= 0.6 is 0 Å². The van der Waals surface area contributed by atoms with E-state index in [0.717, 1.165) is 16.8 Å². The average molecular weight is 287 g/mol. The SMILES string of the molecule is Nc1ccc(/C=C/c2ccc(OC(CO)CF)cc2)cc1. The Kier molecular flexibility index (Phi) is 5.35. The second kappa shape index (κ2) is 7.45. The summed E-state index contributed by atoms with van der Waals surface area (Å²) in [5.74, 6) is 0.538. The molecule has 3 N–H and O–H groups in total. The van der Waals surface area contributed by atoms with Gasteiger partial charge in [-0.2, -0.15) is 0 Å². The summed E-state index contributed by atoms with van der Waals surface area (Å²) in [6.45, 7) is -1.05. The van der Waals surface area contributed by atoms with Crippen LogP contribution in [0.25, 0.3) is 12.2 Å². The first kappa shape index (κ1) is 15.1. The van der Waals surface area contributed by atoms with Gasteiger partial charge in [-0.1, -0.05) is 36.4 Å². The van der Waals surface area contributed by atoms with Crippen LogP contribution in [0, 0.1) is 0 Å². The van der Waals surface area contributed by atoms with Crippen LogP contribution in [0.4, 0.5) is 10.1 Å². The van der Waals surface area contributed by atoms with Crippen molar-refractivity contribution in [3.05, 3.63) is 59.7 Å². The molecular weight excluding hydrogens is 269 g/mol. The van der Waals surface area contributed by atoms with Gasteiger partial charge in [-0.05, 0) is 35.4 Å². The Labute approximate surface area is 123 Å². The Morgan fingerprint density at radius 3 is 2.00 bits per heavy atom. The minimum Gasteiger partial charge on any atom is -0.485 e. The molecule has 2 aromatic rings. The Balaban J connectivity index is 2.00. The summed E-state index contributed by atoms with van der Waals surface area (Å²) in [7, 11) is 0. The summed E-state index contributed by atoms with van der Waals surface area (Å²) >= 11 is 0. The van der Waals surface area contributed by atoms with Crippen LogP contribution in [0.15, 0.2) is 48.5 Å². The maximum Gasteiger partial charge on any atom is 0.150 e. The van der Waals surface area contributed by atoms with Crippen LogP contribution in [0.5, 0.6) is 5.75 Å². The molecule has 1 unspecified atom stereocenters. The smallest absolute Gasteiger partial charge is 0.150 e. The van der Waals surface area contributed by atoms with Crippen LogP contribution in [-0.4, -0.2) is 24.5 Å². The molecule has 3 nitrogen and oxygen atoms in total. The van der Waals surface area contributed by atoms with Crippen molar-refractivity contribution in [1.82, 2.24) is 0 Å². The van der Waals surface area contributed by atoms with Crippen molar-refractivity contribution >= 4 is 17.8 Å². The van der Waals surface area contributed by atoms with Gasteiger partial charge in [-0.15, -0.1) is 0 Å². The van der Waals surface area contributed by atoms with Gasteiger partial charge < -0.3 is 15.6 Å². The fourth-order valence-corrected chi connectivity index (χ4v) is 1.77. The molecule has 0 aliphatic heterocycles. The molecule has 0 aliphatic carbocycles. The molecule has 0 radical (unpaired) electrons. The fourth-order valence-electron chi connectivity index (χ4n) is 1.77. The molecule has 2 rings (SSSR count). The van der Waals surface area contributed by atoms with E-state index in [-0.39, 0.29) is 6.61 Å². The van der Waals surface area contributed by atoms with Crippen molar-refractivity contribution in [3.63, 3.8) is 0 Å². The van der Waals surface area contributed by atoms with E-state index in [0.29, 0.717) is 5.75 Å². The van der Waals surface area contributed by atoms with Gasteiger partial charge in [0.25, 0.3) is 0 Å². The number of aliphatic hydroxyl groups excluding tert-OH is 1. The molecule has 0 heterocycles. The zero-order valence-electron chi connectivity index (χ0n) is 11.6. The molecule has 0 aromatic heterocycles. The van der Waals surface area contributed by atoms with Crippen LogP contribution in [-0.2, 0) is 0 Å². The first-order valence-electron chi connectivity index (χ1n) is 6.68. The molecule has 110 valence electrons. The zero-order chi connectivity index (χ0) is 15.1. The molecule has 0 aliphatic rings. The number of anilines is 1.